The number of carbonyl (C=O) groups is 1. The van der Waals surface area contributed by atoms with Crippen molar-refractivity contribution in [3.63, 3.8) is 0 Å². The van der Waals surface area contributed by atoms with Crippen LogP contribution < -0.4 is 0 Å². The summed E-state index contributed by atoms with van der Waals surface area (Å²) in [5.74, 6) is -2.97. The van der Waals surface area contributed by atoms with E-state index in [0.29, 0.717) is 17.3 Å². The molecule has 1 aromatic heterocycles. The number of aromatic carboxylic acids is 1. The van der Waals surface area contributed by atoms with Crippen LogP contribution in [0.1, 0.15) is 22.8 Å². The summed E-state index contributed by atoms with van der Waals surface area (Å²) in [6.45, 7) is 2.02. The fourth-order valence-electron chi connectivity index (χ4n) is 2.49. The molecular weight excluding hydrogens is 300 g/mol. The topological polar surface area (TPSA) is 50.2 Å². The number of benzene rings is 2. The Balaban J connectivity index is 2.27. The number of nitrogens with zero attached hydrogens (tertiary/aromatic N) is 1. The van der Waals surface area contributed by atoms with Gasteiger partial charge in [0.15, 0.2) is 5.82 Å². The predicted octanol–water partition coefficient (Wildman–Crippen LogP) is 4.44. The molecule has 3 nitrogen and oxygen atoms in total. The Bertz CT molecular complexity index is 905. The van der Waals surface area contributed by atoms with Crippen molar-refractivity contribution in [3.05, 3.63) is 65.2 Å². The van der Waals surface area contributed by atoms with Gasteiger partial charge in [-0.2, -0.15) is 0 Å². The van der Waals surface area contributed by atoms with Crippen LogP contribution in [0.4, 0.5) is 8.78 Å². The number of halogens is 2. The number of pyridine rings is 1. The smallest absolute Gasteiger partial charge is 0.336 e. The van der Waals surface area contributed by atoms with Crippen LogP contribution in [-0.4, -0.2) is 16.1 Å². The van der Waals surface area contributed by atoms with Gasteiger partial charge in [-0.05, 0) is 24.1 Å². The molecule has 23 heavy (non-hydrogen) atoms. The largest absolute Gasteiger partial charge is 0.478 e. The van der Waals surface area contributed by atoms with Gasteiger partial charge in [0.25, 0.3) is 0 Å². The van der Waals surface area contributed by atoms with Gasteiger partial charge in [0.2, 0.25) is 0 Å². The maximum atomic E-state index is 14.0. The molecule has 1 heterocycles. The minimum absolute atomic E-state index is 0.0519. The monoisotopic (exact) mass is 313 g/mol. The molecule has 0 amide bonds. The Morgan fingerprint density at radius 3 is 2.43 bits per heavy atom. The third-order valence-electron chi connectivity index (χ3n) is 3.72. The van der Waals surface area contributed by atoms with E-state index >= 15 is 0 Å². The maximum Gasteiger partial charge on any atom is 0.336 e. The summed E-state index contributed by atoms with van der Waals surface area (Å²) in [7, 11) is 0. The molecule has 0 fully saturated rings. The fourth-order valence-corrected chi connectivity index (χ4v) is 2.49. The van der Waals surface area contributed by atoms with Crippen molar-refractivity contribution in [3.8, 4) is 11.3 Å². The summed E-state index contributed by atoms with van der Waals surface area (Å²) in [6, 6.07) is 10.4. The Labute approximate surface area is 131 Å². The highest BCUT2D eigenvalue weighted by atomic mass is 19.1. The Morgan fingerprint density at radius 1 is 1.13 bits per heavy atom. The van der Waals surface area contributed by atoms with E-state index in [1.807, 2.05) is 19.1 Å². The number of carboxylic acids is 1. The van der Waals surface area contributed by atoms with Gasteiger partial charge < -0.3 is 5.11 Å². The first-order valence-corrected chi connectivity index (χ1v) is 7.12. The zero-order valence-electron chi connectivity index (χ0n) is 12.3. The molecule has 116 valence electrons. The van der Waals surface area contributed by atoms with Crippen LogP contribution in [0, 0.1) is 11.6 Å². The molecule has 2 aromatic carbocycles. The molecule has 0 spiro atoms. The molecular formula is C18H13F2NO2. The number of carboxylic acid groups (broad SMARTS) is 1. The standard InChI is InChI=1S/C18H13F2NO2/c1-2-10-3-5-11(6-4-10)16-9-14(18(22)23)13-7-12(19)8-15(20)17(13)21-16/h3-9H,2H2,1H3,(H,22,23). The van der Waals surface area contributed by atoms with E-state index in [4.69, 9.17) is 0 Å². The molecule has 0 saturated heterocycles. The van der Waals surface area contributed by atoms with Crippen molar-refractivity contribution in [2.24, 2.45) is 0 Å². The van der Waals surface area contributed by atoms with Gasteiger partial charge in [0, 0.05) is 17.0 Å². The summed E-state index contributed by atoms with van der Waals surface area (Å²) in [5.41, 5.74) is 1.81. The first-order chi connectivity index (χ1) is 11.0. The van der Waals surface area contributed by atoms with Crippen LogP contribution in [0.15, 0.2) is 42.5 Å². The van der Waals surface area contributed by atoms with E-state index in [-0.39, 0.29) is 16.5 Å². The third-order valence-corrected chi connectivity index (χ3v) is 3.72. The van der Waals surface area contributed by atoms with E-state index < -0.39 is 17.6 Å². The second-order valence-corrected chi connectivity index (χ2v) is 5.19. The van der Waals surface area contributed by atoms with Gasteiger partial charge in [0.1, 0.15) is 11.3 Å². The summed E-state index contributed by atoms with van der Waals surface area (Å²) in [6.07, 6.45) is 0.875. The van der Waals surface area contributed by atoms with Crippen molar-refractivity contribution in [2.75, 3.05) is 0 Å². The third kappa shape index (κ3) is 2.77. The van der Waals surface area contributed by atoms with Crippen molar-refractivity contribution in [2.45, 2.75) is 13.3 Å². The normalized spacial score (nSPS) is 10.9. The van der Waals surface area contributed by atoms with Crippen molar-refractivity contribution >= 4 is 16.9 Å². The second-order valence-electron chi connectivity index (χ2n) is 5.19. The van der Waals surface area contributed by atoms with Gasteiger partial charge in [0.05, 0.1) is 11.3 Å². The first kappa shape index (κ1) is 15.1. The number of hydrogen-bond acceptors (Lipinski definition) is 2. The van der Waals surface area contributed by atoms with Crippen molar-refractivity contribution < 1.29 is 18.7 Å². The van der Waals surface area contributed by atoms with Crippen LogP contribution in [0.5, 0.6) is 0 Å². The van der Waals surface area contributed by atoms with Crippen LogP contribution in [0.3, 0.4) is 0 Å². The average molecular weight is 313 g/mol. The molecule has 0 unspecified atom stereocenters. The van der Waals surface area contributed by atoms with Gasteiger partial charge in [-0.3, -0.25) is 0 Å². The molecule has 3 aromatic rings. The zero-order valence-corrected chi connectivity index (χ0v) is 12.3. The molecule has 0 aliphatic rings. The fraction of sp³-hybridized carbons (Fsp3) is 0.111. The molecule has 0 saturated carbocycles. The van der Waals surface area contributed by atoms with Crippen molar-refractivity contribution in [1.29, 1.82) is 0 Å². The highest BCUT2D eigenvalue weighted by Gasteiger charge is 2.16. The molecule has 0 aliphatic carbocycles. The number of aryl methyl sites for hydroxylation is 1. The van der Waals surface area contributed by atoms with E-state index in [9.17, 15) is 18.7 Å². The van der Waals surface area contributed by atoms with Crippen LogP contribution >= 0.6 is 0 Å². The quantitative estimate of drug-likeness (QED) is 0.777. The highest BCUT2D eigenvalue weighted by molar-refractivity contribution is 6.03. The summed E-state index contributed by atoms with van der Waals surface area (Å²) in [5, 5.41) is 9.29. The summed E-state index contributed by atoms with van der Waals surface area (Å²) < 4.78 is 27.4. The van der Waals surface area contributed by atoms with Crippen LogP contribution in [-0.2, 0) is 6.42 Å². The molecule has 5 heteroatoms. The van der Waals surface area contributed by atoms with E-state index in [1.54, 1.807) is 12.1 Å². The van der Waals surface area contributed by atoms with Crippen molar-refractivity contribution in [1.82, 2.24) is 4.98 Å². The molecule has 1 N–H and O–H groups in total. The van der Waals surface area contributed by atoms with Crippen LogP contribution in [0.25, 0.3) is 22.2 Å². The van der Waals surface area contributed by atoms with Crippen LogP contribution in [0.2, 0.25) is 0 Å². The first-order valence-electron chi connectivity index (χ1n) is 7.12. The van der Waals surface area contributed by atoms with E-state index in [1.165, 1.54) is 6.07 Å². The second kappa shape index (κ2) is 5.76. The molecule has 0 bridgehead atoms. The highest BCUT2D eigenvalue weighted by Crippen LogP contribution is 2.27. The zero-order chi connectivity index (χ0) is 16.6. The van der Waals surface area contributed by atoms with E-state index in [0.717, 1.165) is 18.1 Å². The maximum absolute atomic E-state index is 14.0. The van der Waals surface area contributed by atoms with Gasteiger partial charge in [-0.25, -0.2) is 18.6 Å². The lowest BCUT2D eigenvalue weighted by molar-refractivity contribution is 0.0699. The Morgan fingerprint density at radius 2 is 1.83 bits per heavy atom. The summed E-state index contributed by atoms with van der Waals surface area (Å²) >= 11 is 0. The number of fused-ring (bicyclic) bond motifs is 1. The SMILES string of the molecule is CCc1ccc(-c2cc(C(=O)O)c3cc(F)cc(F)c3n2)cc1. The predicted molar refractivity (Wildman–Crippen MR) is 83.4 cm³/mol. The average Bonchev–Trinajstić information content (AvgIpc) is 2.54. The number of aromatic nitrogens is 1. The van der Waals surface area contributed by atoms with Gasteiger partial charge in [-0.1, -0.05) is 31.2 Å². The van der Waals surface area contributed by atoms with E-state index in [2.05, 4.69) is 4.98 Å². The molecule has 0 aliphatic heterocycles. The Kier molecular flexibility index (Phi) is 3.78. The lowest BCUT2D eigenvalue weighted by Crippen LogP contribution is -2.02. The number of rotatable bonds is 3. The minimum atomic E-state index is -1.26. The Hall–Kier alpha value is -2.82. The molecule has 3 rings (SSSR count). The minimum Gasteiger partial charge on any atom is -0.478 e. The lowest BCUT2D eigenvalue weighted by atomic mass is 10.0. The summed E-state index contributed by atoms with van der Waals surface area (Å²) in [4.78, 5) is 15.6. The lowest BCUT2D eigenvalue weighted by Gasteiger charge is -2.08. The number of hydrogen-bond donors (Lipinski definition) is 1. The molecule has 0 radical (unpaired) electrons. The van der Waals surface area contributed by atoms with Gasteiger partial charge >= 0.3 is 5.97 Å². The molecule has 0 atom stereocenters. The van der Waals surface area contributed by atoms with Gasteiger partial charge in [-0.15, -0.1) is 0 Å².